The van der Waals surface area contributed by atoms with Gasteiger partial charge in [-0.15, -0.1) is 0 Å². The summed E-state index contributed by atoms with van der Waals surface area (Å²) in [5.74, 6) is -2.88. The van der Waals surface area contributed by atoms with E-state index in [9.17, 15) is 8.78 Å². The number of piperidine rings is 1. The molecule has 1 saturated heterocycles. The molecule has 3 heteroatoms. The predicted molar refractivity (Wildman–Crippen MR) is 50.1 cm³/mol. The number of halogens is 2. The molecule has 0 aliphatic carbocycles. The molecular weight excluding hydrogens is 172 g/mol. The van der Waals surface area contributed by atoms with Crippen LogP contribution in [0.4, 0.5) is 8.78 Å². The largest absolute Gasteiger partial charge is 0.295 e. The third-order valence-corrected chi connectivity index (χ3v) is 3.00. The fourth-order valence-corrected chi connectivity index (χ4v) is 1.96. The summed E-state index contributed by atoms with van der Waals surface area (Å²) >= 11 is 0. The molecule has 0 saturated carbocycles. The van der Waals surface area contributed by atoms with Gasteiger partial charge in [-0.3, -0.25) is 4.90 Å². The van der Waals surface area contributed by atoms with Gasteiger partial charge in [0.2, 0.25) is 0 Å². The normalized spacial score (nSPS) is 29.5. The summed E-state index contributed by atoms with van der Waals surface area (Å²) in [6.45, 7) is 6.57. The summed E-state index contributed by atoms with van der Waals surface area (Å²) in [6.07, 6.45) is 1.24. The second-order valence-electron chi connectivity index (χ2n) is 4.22. The lowest BCUT2D eigenvalue weighted by Gasteiger charge is -2.40. The summed E-state index contributed by atoms with van der Waals surface area (Å²) in [5, 5.41) is 0. The van der Waals surface area contributed by atoms with Crippen LogP contribution in [-0.4, -0.2) is 30.0 Å². The fourth-order valence-electron chi connectivity index (χ4n) is 1.96. The van der Waals surface area contributed by atoms with E-state index in [4.69, 9.17) is 0 Å². The van der Waals surface area contributed by atoms with Crippen molar-refractivity contribution in [3.63, 3.8) is 0 Å². The quantitative estimate of drug-likeness (QED) is 0.648. The van der Waals surface area contributed by atoms with Crippen molar-refractivity contribution in [2.75, 3.05) is 13.1 Å². The van der Waals surface area contributed by atoms with Crippen molar-refractivity contribution in [2.45, 2.75) is 45.6 Å². The lowest BCUT2D eigenvalue weighted by Crippen LogP contribution is -2.50. The maximum absolute atomic E-state index is 13.4. The number of alkyl halides is 2. The minimum absolute atomic E-state index is 0.0524. The van der Waals surface area contributed by atoms with Crippen LogP contribution in [0.3, 0.4) is 0 Å². The van der Waals surface area contributed by atoms with E-state index < -0.39 is 11.8 Å². The van der Waals surface area contributed by atoms with Crippen LogP contribution in [-0.2, 0) is 0 Å². The van der Waals surface area contributed by atoms with Crippen molar-refractivity contribution < 1.29 is 8.78 Å². The first-order chi connectivity index (χ1) is 5.97. The van der Waals surface area contributed by atoms with E-state index in [-0.39, 0.29) is 12.6 Å². The Kier molecular flexibility index (Phi) is 3.28. The van der Waals surface area contributed by atoms with E-state index in [2.05, 4.69) is 0 Å². The highest BCUT2D eigenvalue weighted by molar-refractivity contribution is 4.86. The number of likely N-dealkylation sites (tertiary alicyclic amines) is 1. The van der Waals surface area contributed by atoms with Crippen molar-refractivity contribution in [1.29, 1.82) is 0 Å². The molecule has 1 rings (SSSR count). The monoisotopic (exact) mass is 191 g/mol. The summed E-state index contributed by atoms with van der Waals surface area (Å²) < 4.78 is 26.9. The van der Waals surface area contributed by atoms with Gasteiger partial charge in [0.1, 0.15) is 0 Å². The first kappa shape index (κ1) is 10.9. The molecule has 1 atom stereocenters. The Bertz CT molecular complexity index is 168. The molecule has 0 aromatic rings. The third-order valence-electron chi connectivity index (χ3n) is 3.00. The highest BCUT2D eigenvalue weighted by atomic mass is 19.3. The van der Waals surface area contributed by atoms with Crippen LogP contribution < -0.4 is 0 Å². The maximum Gasteiger partial charge on any atom is 0.263 e. The highest BCUT2D eigenvalue weighted by Gasteiger charge is 2.43. The summed E-state index contributed by atoms with van der Waals surface area (Å²) in [7, 11) is 0. The highest BCUT2D eigenvalue weighted by Crippen LogP contribution is 2.35. The van der Waals surface area contributed by atoms with Crippen LogP contribution in [0.1, 0.15) is 33.6 Å². The Morgan fingerprint density at radius 1 is 1.46 bits per heavy atom. The molecule has 1 fully saturated rings. The average molecular weight is 191 g/mol. The van der Waals surface area contributed by atoms with Crippen LogP contribution in [0, 0.1) is 5.92 Å². The molecule has 0 bridgehead atoms. The standard InChI is InChI=1S/C10H19F2N/c1-4-9-5-6-13(8(2)3)7-10(9,11)12/h8-9H,4-7H2,1-3H3/t9-/m0/s1. The van der Waals surface area contributed by atoms with E-state index >= 15 is 0 Å². The summed E-state index contributed by atoms with van der Waals surface area (Å²) in [6, 6.07) is 0.240. The molecule has 0 radical (unpaired) electrons. The van der Waals surface area contributed by atoms with Gasteiger partial charge >= 0.3 is 0 Å². The van der Waals surface area contributed by atoms with E-state index in [0.717, 1.165) is 6.54 Å². The topological polar surface area (TPSA) is 3.24 Å². The zero-order valence-electron chi connectivity index (χ0n) is 8.69. The molecule has 0 aromatic heterocycles. The van der Waals surface area contributed by atoms with Crippen LogP contribution >= 0.6 is 0 Å². The van der Waals surface area contributed by atoms with E-state index in [1.807, 2.05) is 25.7 Å². The van der Waals surface area contributed by atoms with Gasteiger partial charge in [-0.05, 0) is 33.2 Å². The molecule has 0 N–H and O–H groups in total. The van der Waals surface area contributed by atoms with Crippen LogP contribution in [0.5, 0.6) is 0 Å². The molecule has 1 heterocycles. The second-order valence-corrected chi connectivity index (χ2v) is 4.22. The Morgan fingerprint density at radius 3 is 2.46 bits per heavy atom. The minimum atomic E-state index is -2.47. The fraction of sp³-hybridized carbons (Fsp3) is 1.00. The summed E-state index contributed by atoms with van der Waals surface area (Å²) in [5.41, 5.74) is 0. The van der Waals surface area contributed by atoms with Crippen molar-refractivity contribution in [3.8, 4) is 0 Å². The van der Waals surface area contributed by atoms with Gasteiger partial charge in [0.05, 0.1) is 6.54 Å². The van der Waals surface area contributed by atoms with Gasteiger partial charge in [0.15, 0.2) is 0 Å². The molecular formula is C10H19F2N. The van der Waals surface area contributed by atoms with Crippen molar-refractivity contribution in [3.05, 3.63) is 0 Å². The lowest BCUT2D eigenvalue weighted by molar-refractivity contribution is -0.117. The number of hydrogen-bond donors (Lipinski definition) is 0. The molecule has 0 spiro atoms. The molecule has 0 amide bonds. The van der Waals surface area contributed by atoms with Gasteiger partial charge in [-0.25, -0.2) is 8.78 Å². The van der Waals surface area contributed by atoms with Gasteiger partial charge in [0.25, 0.3) is 5.92 Å². The van der Waals surface area contributed by atoms with Gasteiger partial charge in [-0.1, -0.05) is 6.92 Å². The average Bonchev–Trinajstić information content (AvgIpc) is 2.02. The lowest BCUT2D eigenvalue weighted by atomic mass is 9.90. The van der Waals surface area contributed by atoms with E-state index in [1.165, 1.54) is 0 Å². The molecule has 0 unspecified atom stereocenters. The molecule has 13 heavy (non-hydrogen) atoms. The van der Waals surface area contributed by atoms with Crippen molar-refractivity contribution in [1.82, 2.24) is 4.90 Å². The predicted octanol–water partition coefficient (Wildman–Crippen LogP) is 2.76. The van der Waals surface area contributed by atoms with Crippen molar-refractivity contribution in [2.24, 2.45) is 5.92 Å². The Balaban J connectivity index is 2.59. The SMILES string of the molecule is CC[C@H]1CCN(C(C)C)CC1(F)F. The zero-order chi connectivity index (χ0) is 10.1. The molecule has 1 nitrogen and oxygen atoms in total. The van der Waals surface area contributed by atoms with Crippen molar-refractivity contribution >= 4 is 0 Å². The van der Waals surface area contributed by atoms with Crippen LogP contribution in [0.15, 0.2) is 0 Å². The second kappa shape index (κ2) is 3.91. The maximum atomic E-state index is 13.4. The molecule has 78 valence electrons. The molecule has 1 aliphatic rings. The number of hydrogen-bond acceptors (Lipinski definition) is 1. The smallest absolute Gasteiger partial charge is 0.263 e. The van der Waals surface area contributed by atoms with E-state index in [0.29, 0.717) is 12.8 Å². The first-order valence-corrected chi connectivity index (χ1v) is 5.09. The van der Waals surface area contributed by atoms with Gasteiger partial charge in [0, 0.05) is 12.0 Å². The van der Waals surface area contributed by atoms with Gasteiger partial charge in [-0.2, -0.15) is 0 Å². The number of rotatable bonds is 2. The zero-order valence-corrected chi connectivity index (χ0v) is 8.69. The molecule has 1 aliphatic heterocycles. The third kappa shape index (κ3) is 2.39. The Labute approximate surface area is 79.1 Å². The Morgan fingerprint density at radius 2 is 2.08 bits per heavy atom. The first-order valence-electron chi connectivity index (χ1n) is 5.09. The summed E-state index contributed by atoms with van der Waals surface area (Å²) in [4.78, 5) is 1.87. The Hall–Kier alpha value is -0.180. The molecule has 0 aromatic carbocycles. The van der Waals surface area contributed by atoms with E-state index in [1.54, 1.807) is 0 Å². The van der Waals surface area contributed by atoms with Crippen LogP contribution in [0.2, 0.25) is 0 Å². The minimum Gasteiger partial charge on any atom is -0.295 e. The van der Waals surface area contributed by atoms with Crippen LogP contribution in [0.25, 0.3) is 0 Å². The number of nitrogens with zero attached hydrogens (tertiary/aromatic N) is 1. The van der Waals surface area contributed by atoms with Gasteiger partial charge < -0.3 is 0 Å².